The molecule has 0 saturated heterocycles. The van der Waals surface area contributed by atoms with Gasteiger partial charge in [-0.2, -0.15) is 0 Å². The molecule has 0 aromatic heterocycles. The van der Waals surface area contributed by atoms with Crippen LogP contribution in [0.15, 0.2) is 23.1 Å². The Balaban J connectivity index is 2.15. The Labute approximate surface area is 117 Å². The van der Waals surface area contributed by atoms with E-state index in [0.717, 1.165) is 12.7 Å². The zero-order chi connectivity index (χ0) is 15.0. The standard InChI is InChI=1S/C13H18N2O4S/c1-20(18,19)11-6-9(5-10(14)7-11)12(16)15-8-13(17)3-2-4-13/h5-7,17H,2-4,8,14H2,1H3,(H,15,16). The first-order valence-electron chi connectivity index (χ1n) is 6.31. The molecule has 110 valence electrons. The number of rotatable bonds is 4. The summed E-state index contributed by atoms with van der Waals surface area (Å²) >= 11 is 0. The lowest BCUT2D eigenvalue weighted by Gasteiger charge is -2.36. The van der Waals surface area contributed by atoms with Crippen molar-refractivity contribution >= 4 is 21.4 Å². The van der Waals surface area contributed by atoms with Gasteiger partial charge in [0.25, 0.3) is 5.91 Å². The maximum atomic E-state index is 12.0. The number of nitrogens with two attached hydrogens (primary N) is 1. The fourth-order valence-corrected chi connectivity index (χ4v) is 2.77. The fourth-order valence-electron chi connectivity index (χ4n) is 2.08. The molecule has 1 aliphatic rings. The van der Waals surface area contributed by atoms with E-state index in [1.807, 2.05) is 0 Å². The van der Waals surface area contributed by atoms with E-state index < -0.39 is 21.3 Å². The van der Waals surface area contributed by atoms with Gasteiger partial charge >= 0.3 is 0 Å². The normalized spacial score (nSPS) is 17.3. The number of hydrogen-bond donors (Lipinski definition) is 3. The fraction of sp³-hybridized carbons (Fsp3) is 0.462. The summed E-state index contributed by atoms with van der Waals surface area (Å²) in [4.78, 5) is 12.0. The molecule has 4 N–H and O–H groups in total. The third-order valence-electron chi connectivity index (χ3n) is 3.48. The molecule has 20 heavy (non-hydrogen) atoms. The number of nitrogen functional groups attached to an aromatic ring is 1. The Morgan fingerprint density at radius 2 is 2.05 bits per heavy atom. The van der Waals surface area contributed by atoms with Gasteiger partial charge in [-0.15, -0.1) is 0 Å². The smallest absolute Gasteiger partial charge is 0.251 e. The minimum Gasteiger partial charge on any atom is -0.399 e. The lowest BCUT2D eigenvalue weighted by Crippen LogP contribution is -2.47. The average molecular weight is 298 g/mol. The van der Waals surface area contributed by atoms with Crippen molar-refractivity contribution in [2.75, 3.05) is 18.5 Å². The molecule has 2 rings (SSSR count). The van der Waals surface area contributed by atoms with Gasteiger partial charge in [0, 0.05) is 24.1 Å². The Hall–Kier alpha value is -1.60. The molecular weight excluding hydrogens is 280 g/mol. The first kappa shape index (κ1) is 14.8. The number of benzene rings is 1. The molecule has 0 radical (unpaired) electrons. The summed E-state index contributed by atoms with van der Waals surface area (Å²) in [6.45, 7) is 0.162. The zero-order valence-electron chi connectivity index (χ0n) is 11.2. The maximum absolute atomic E-state index is 12.0. The van der Waals surface area contributed by atoms with E-state index in [1.54, 1.807) is 0 Å². The van der Waals surface area contributed by atoms with Crippen molar-refractivity contribution in [1.29, 1.82) is 0 Å². The lowest BCUT2D eigenvalue weighted by molar-refractivity contribution is -0.0300. The molecule has 1 aliphatic carbocycles. The van der Waals surface area contributed by atoms with Gasteiger partial charge in [-0.1, -0.05) is 0 Å². The van der Waals surface area contributed by atoms with Crippen molar-refractivity contribution in [1.82, 2.24) is 5.32 Å². The van der Waals surface area contributed by atoms with Gasteiger partial charge in [-0.05, 0) is 37.5 Å². The van der Waals surface area contributed by atoms with E-state index >= 15 is 0 Å². The molecule has 0 heterocycles. The minimum absolute atomic E-state index is 0.00464. The number of anilines is 1. The number of carbonyl (C=O) groups excluding carboxylic acids is 1. The second-order valence-electron chi connectivity index (χ2n) is 5.32. The van der Waals surface area contributed by atoms with Crippen molar-refractivity contribution in [3.05, 3.63) is 23.8 Å². The summed E-state index contributed by atoms with van der Waals surface area (Å²) in [6.07, 6.45) is 3.33. The molecule has 1 amide bonds. The quantitative estimate of drug-likeness (QED) is 0.693. The van der Waals surface area contributed by atoms with Crippen LogP contribution < -0.4 is 11.1 Å². The number of aliphatic hydroxyl groups is 1. The van der Waals surface area contributed by atoms with Crippen LogP contribution in [-0.4, -0.2) is 37.8 Å². The highest BCUT2D eigenvalue weighted by Gasteiger charge is 2.34. The Bertz CT molecular complexity index is 636. The third kappa shape index (κ3) is 3.29. The summed E-state index contributed by atoms with van der Waals surface area (Å²) in [5.74, 6) is -0.442. The van der Waals surface area contributed by atoms with E-state index in [4.69, 9.17) is 5.73 Å². The zero-order valence-corrected chi connectivity index (χ0v) is 12.0. The van der Waals surface area contributed by atoms with Crippen LogP contribution in [0.4, 0.5) is 5.69 Å². The number of amides is 1. The highest BCUT2D eigenvalue weighted by Crippen LogP contribution is 2.30. The largest absolute Gasteiger partial charge is 0.399 e. The number of carbonyl (C=O) groups is 1. The number of sulfone groups is 1. The van der Waals surface area contributed by atoms with Crippen LogP contribution in [0.1, 0.15) is 29.6 Å². The number of nitrogens with one attached hydrogen (secondary N) is 1. The van der Waals surface area contributed by atoms with E-state index in [2.05, 4.69) is 5.32 Å². The molecule has 0 unspecified atom stereocenters. The summed E-state index contributed by atoms with van der Waals surface area (Å²) in [5, 5.41) is 12.5. The molecule has 0 atom stereocenters. The lowest BCUT2D eigenvalue weighted by atomic mass is 9.80. The van der Waals surface area contributed by atoms with Gasteiger partial charge in [0.15, 0.2) is 9.84 Å². The molecule has 1 aromatic carbocycles. The summed E-state index contributed by atoms with van der Waals surface area (Å²) in [5.41, 5.74) is 5.18. The Morgan fingerprint density at radius 1 is 1.40 bits per heavy atom. The van der Waals surface area contributed by atoms with E-state index in [0.29, 0.717) is 12.8 Å². The molecular formula is C13H18N2O4S. The minimum atomic E-state index is -3.43. The summed E-state index contributed by atoms with van der Waals surface area (Å²) < 4.78 is 23.0. The van der Waals surface area contributed by atoms with Crippen LogP contribution in [0.25, 0.3) is 0 Å². The third-order valence-corrected chi connectivity index (χ3v) is 4.57. The molecule has 1 fully saturated rings. The van der Waals surface area contributed by atoms with Crippen molar-refractivity contribution in [2.24, 2.45) is 0 Å². The molecule has 0 bridgehead atoms. The topological polar surface area (TPSA) is 109 Å². The van der Waals surface area contributed by atoms with Crippen LogP contribution in [0, 0.1) is 0 Å². The molecule has 1 aromatic rings. The summed E-state index contributed by atoms with van der Waals surface area (Å²) in [6, 6.07) is 4.01. The maximum Gasteiger partial charge on any atom is 0.251 e. The highest BCUT2D eigenvalue weighted by molar-refractivity contribution is 7.90. The van der Waals surface area contributed by atoms with Gasteiger partial charge in [0.2, 0.25) is 0 Å². The van der Waals surface area contributed by atoms with Crippen molar-refractivity contribution in [3.63, 3.8) is 0 Å². The summed E-state index contributed by atoms with van der Waals surface area (Å²) in [7, 11) is -3.43. The molecule has 1 saturated carbocycles. The van der Waals surface area contributed by atoms with Gasteiger partial charge in [0.05, 0.1) is 10.5 Å². The molecule has 7 heteroatoms. The van der Waals surface area contributed by atoms with Crippen molar-refractivity contribution in [2.45, 2.75) is 29.8 Å². The first-order chi connectivity index (χ1) is 9.20. The second-order valence-corrected chi connectivity index (χ2v) is 7.34. The second kappa shape index (κ2) is 5.06. The van der Waals surface area contributed by atoms with Gasteiger partial charge in [-0.25, -0.2) is 8.42 Å². The molecule has 0 spiro atoms. The van der Waals surface area contributed by atoms with Gasteiger partial charge < -0.3 is 16.2 Å². The monoisotopic (exact) mass is 298 g/mol. The van der Waals surface area contributed by atoms with Crippen LogP contribution in [0.3, 0.4) is 0 Å². The highest BCUT2D eigenvalue weighted by atomic mass is 32.2. The average Bonchev–Trinajstić information content (AvgIpc) is 2.31. The van der Waals surface area contributed by atoms with Crippen molar-refractivity contribution < 1.29 is 18.3 Å². The van der Waals surface area contributed by atoms with Crippen LogP contribution in [0.2, 0.25) is 0 Å². The van der Waals surface area contributed by atoms with E-state index in [1.165, 1.54) is 18.2 Å². The predicted molar refractivity (Wildman–Crippen MR) is 75.1 cm³/mol. The Morgan fingerprint density at radius 3 is 2.55 bits per heavy atom. The van der Waals surface area contributed by atoms with Crippen LogP contribution in [0.5, 0.6) is 0 Å². The van der Waals surface area contributed by atoms with E-state index in [-0.39, 0.29) is 22.7 Å². The van der Waals surface area contributed by atoms with E-state index in [9.17, 15) is 18.3 Å². The van der Waals surface area contributed by atoms with Gasteiger partial charge in [0.1, 0.15) is 0 Å². The number of hydrogen-bond acceptors (Lipinski definition) is 5. The predicted octanol–water partition coefficient (Wildman–Crippen LogP) is 0.317. The van der Waals surface area contributed by atoms with Gasteiger partial charge in [-0.3, -0.25) is 4.79 Å². The SMILES string of the molecule is CS(=O)(=O)c1cc(N)cc(C(=O)NCC2(O)CCC2)c1. The van der Waals surface area contributed by atoms with Crippen LogP contribution in [-0.2, 0) is 9.84 Å². The Kier molecular flexibility index (Phi) is 3.75. The first-order valence-corrected chi connectivity index (χ1v) is 8.20. The van der Waals surface area contributed by atoms with Crippen LogP contribution >= 0.6 is 0 Å². The molecule has 0 aliphatic heterocycles. The van der Waals surface area contributed by atoms with Crippen molar-refractivity contribution in [3.8, 4) is 0 Å². The molecule has 6 nitrogen and oxygen atoms in total.